The van der Waals surface area contributed by atoms with Gasteiger partial charge in [-0.15, -0.1) is 0 Å². The van der Waals surface area contributed by atoms with Crippen molar-refractivity contribution in [3.8, 4) is 33.4 Å². The molecule has 0 aliphatic carbocycles. The molecule has 2 heteroatoms. The Bertz CT molecular complexity index is 3800. The van der Waals surface area contributed by atoms with Crippen molar-refractivity contribution < 1.29 is 8.83 Å². The highest BCUT2D eigenvalue weighted by Crippen LogP contribution is 2.47. The van der Waals surface area contributed by atoms with E-state index < -0.39 is 0 Å². The predicted octanol–water partition coefficient (Wildman–Crippen LogP) is 16.3. The molecular weight excluding hydrogens is 705 g/mol. The molecule has 0 radical (unpaired) electrons. The van der Waals surface area contributed by atoms with Crippen molar-refractivity contribution in [2.45, 2.75) is 0 Å². The van der Waals surface area contributed by atoms with Crippen LogP contribution in [0.1, 0.15) is 0 Å². The third-order valence-corrected chi connectivity index (χ3v) is 12.4. The van der Waals surface area contributed by atoms with Crippen LogP contribution in [0, 0.1) is 0 Å². The Kier molecular flexibility index (Phi) is 6.47. The molecule has 0 spiro atoms. The van der Waals surface area contributed by atoms with E-state index in [1.165, 1.54) is 76.1 Å². The summed E-state index contributed by atoms with van der Waals surface area (Å²) >= 11 is 0. The van der Waals surface area contributed by atoms with Gasteiger partial charge in [0, 0.05) is 27.6 Å². The minimum absolute atomic E-state index is 0.833. The van der Waals surface area contributed by atoms with Crippen LogP contribution in [-0.4, -0.2) is 0 Å². The Labute approximate surface area is 332 Å². The quantitative estimate of drug-likeness (QED) is 0.169. The molecule has 0 unspecified atom stereocenters. The highest BCUT2D eigenvalue weighted by molar-refractivity contribution is 6.26. The van der Waals surface area contributed by atoms with E-state index in [1.807, 2.05) is 12.1 Å². The molecule has 268 valence electrons. The summed E-state index contributed by atoms with van der Waals surface area (Å²) in [7, 11) is 0. The summed E-state index contributed by atoms with van der Waals surface area (Å²) in [6.45, 7) is 0. The van der Waals surface area contributed by atoms with Crippen molar-refractivity contribution in [1.29, 1.82) is 0 Å². The summed E-state index contributed by atoms with van der Waals surface area (Å²) in [5, 5.41) is 16.8. The average molecular weight is 737 g/mol. The number of rotatable bonds is 3. The normalized spacial score (nSPS) is 12.1. The van der Waals surface area contributed by atoms with Gasteiger partial charge in [0.05, 0.1) is 0 Å². The van der Waals surface area contributed by atoms with Gasteiger partial charge in [-0.1, -0.05) is 158 Å². The van der Waals surface area contributed by atoms with Crippen molar-refractivity contribution in [2.75, 3.05) is 0 Å². The van der Waals surface area contributed by atoms with Crippen LogP contribution in [-0.2, 0) is 0 Å². The minimum Gasteiger partial charge on any atom is -0.456 e. The molecule has 0 amide bonds. The van der Waals surface area contributed by atoms with E-state index in [4.69, 9.17) is 8.83 Å². The first kappa shape index (κ1) is 31.5. The predicted molar refractivity (Wildman–Crippen MR) is 245 cm³/mol. The Balaban J connectivity index is 0.981. The number of benzene rings is 11. The molecule has 2 heterocycles. The molecule has 13 aromatic rings. The second-order valence-electron chi connectivity index (χ2n) is 15.5. The zero-order valence-corrected chi connectivity index (χ0v) is 31.3. The SMILES string of the molecule is c1ccc2c(-c3c4ccccc4c(-c4ccc5cc(-c6cc7oc8cc9oc%10ccccc%10c9cc8c7c7ccccc67)ccc5c4)c4ccccc34)cccc2c1. The van der Waals surface area contributed by atoms with Crippen LogP contribution in [0.15, 0.2) is 203 Å². The first-order valence-corrected chi connectivity index (χ1v) is 19.9. The second kappa shape index (κ2) is 11.9. The highest BCUT2D eigenvalue weighted by Gasteiger charge is 2.20. The molecule has 0 bridgehead atoms. The Morgan fingerprint density at radius 3 is 1.55 bits per heavy atom. The highest BCUT2D eigenvalue weighted by atomic mass is 16.3. The Hall–Kier alpha value is -7.68. The molecule has 2 nitrogen and oxygen atoms in total. The lowest BCUT2D eigenvalue weighted by Crippen LogP contribution is -1.91. The van der Waals surface area contributed by atoms with Crippen LogP contribution in [0.3, 0.4) is 0 Å². The zero-order chi connectivity index (χ0) is 37.9. The molecule has 0 aliphatic heterocycles. The average Bonchev–Trinajstić information content (AvgIpc) is 3.83. The third-order valence-electron chi connectivity index (χ3n) is 12.4. The molecule has 0 atom stereocenters. The van der Waals surface area contributed by atoms with Crippen molar-refractivity contribution in [3.05, 3.63) is 194 Å². The number of hydrogen-bond donors (Lipinski definition) is 0. The van der Waals surface area contributed by atoms with E-state index in [9.17, 15) is 0 Å². The molecule has 0 fully saturated rings. The molecule has 58 heavy (non-hydrogen) atoms. The van der Waals surface area contributed by atoms with Gasteiger partial charge < -0.3 is 8.83 Å². The smallest absolute Gasteiger partial charge is 0.139 e. The Morgan fingerprint density at radius 2 is 0.793 bits per heavy atom. The van der Waals surface area contributed by atoms with Gasteiger partial charge in [0.25, 0.3) is 0 Å². The second-order valence-corrected chi connectivity index (χ2v) is 15.5. The van der Waals surface area contributed by atoms with Gasteiger partial charge in [0.1, 0.15) is 22.3 Å². The van der Waals surface area contributed by atoms with Gasteiger partial charge in [0.2, 0.25) is 0 Å². The van der Waals surface area contributed by atoms with Gasteiger partial charge in [0.15, 0.2) is 0 Å². The van der Waals surface area contributed by atoms with Crippen LogP contribution < -0.4 is 0 Å². The molecule has 2 aromatic heterocycles. The number of hydrogen-bond acceptors (Lipinski definition) is 2. The maximum atomic E-state index is 6.65. The lowest BCUT2D eigenvalue weighted by atomic mass is 9.84. The van der Waals surface area contributed by atoms with Crippen molar-refractivity contribution in [1.82, 2.24) is 0 Å². The topological polar surface area (TPSA) is 26.3 Å². The molecule has 11 aromatic carbocycles. The number of para-hydroxylation sites is 1. The van der Waals surface area contributed by atoms with Crippen LogP contribution in [0.2, 0.25) is 0 Å². The van der Waals surface area contributed by atoms with E-state index in [0.29, 0.717) is 0 Å². The molecule has 0 aliphatic rings. The van der Waals surface area contributed by atoms with E-state index in [0.717, 1.165) is 55.0 Å². The lowest BCUT2D eigenvalue weighted by Gasteiger charge is -2.19. The fraction of sp³-hybridized carbons (Fsp3) is 0. The van der Waals surface area contributed by atoms with Crippen LogP contribution in [0.5, 0.6) is 0 Å². The van der Waals surface area contributed by atoms with Crippen LogP contribution in [0.25, 0.3) is 131 Å². The molecule has 0 N–H and O–H groups in total. The van der Waals surface area contributed by atoms with E-state index >= 15 is 0 Å². The van der Waals surface area contributed by atoms with Gasteiger partial charge in [-0.3, -0.25) is 0 Å². The summed E-state index contributed by atoms with van der Waals surface area (Å²) in [6, 6.07) is 70.5. The molecule has 13 rings (SSSR count). The summed E-state index contributed by atoms with van der Waals surface area (Å²) in [4.78, 5) is 0. The Morgan fingerprint density at radius 1 is 0.241 bits per heavy atom. The maximum Gasteiger partial charge on any atom is 0.139 e. The maximum absolute atomic E-state index is 6.65. The number of furan rings is 2. The van der Waals surface area contributed by atoms with Gasteiger partial charge in [-0.25, -0.2) is 0 Å². The van der Waals surface area contributed by atoms with Crippen molar-refractivity contribution in [2.24, 2.45) is 0 Å². The van der Waals surface area contributed by atoms with Crippen LogP contribution >= 0.6 is 0 Å². The first-order chi connectivity index (χ1) is 28.7. The summed E-state index contributed by atoms with van der Waals surface area (Å²) in [5.41, 5.74) is 10.8. The van der Waals surface area contributed by atoms with Crippen molar-refractivity contribution in [3.63, 3.8) is 0 Å². The van der Waals surface area contributed by atoms with Crippen molar-refractivity contribution >= 4 is 97.7 Å². The fourth-order valence-corrected chi connectivity index (χ4v) is 9.84. The summed E-state index contributed by atoms with van der Waals surface area (Å²) in [6.07, 6.45) is 0. The van der Waals surface area contributed by atoms with Crippen LogP contribution in [0.4, 0.5) is 0 Å². The minimum atomic E-state index is 0.833. The standard InChI is InChI=1S/C56H32O2/c1-2-14-38-33(12-1)13-11-22-41(38)55-45-20-7-5-18-43(45)54(44-19-6-8-21-46(44)55)37-27-25-34-28-36(26-24-35(34)29-37)47-31-53-56(42-17-4-3-15-39(42)47)49-30-48-40-16-9-10-23-50(40)57-51(48)32-52(49)58-53/h1-32H. The largest absolute Gasteiger partial charge is 0.456 e. The summed E-state index contributed by atoms with van der Waals surface area (Å²) < 4.78 is 12.9. The number of fused-ring (bicyclic) bond motifs is 12. The first-order valence-electron chi connectivity index (χ1n) is 19.9. The molecular formula is C56H32O2. The van der Waals surface area contributed by atoms with E-state index in [2.05, 4.69) is 182 Å². The third kappa shape index (κ3) is 4.48. The summed E-state index contributed by atoms with van der Waals surface area (Å²) in [5.74, 6) is 0. The van der Waals surface area contributed by atoms with E-state index in [1.54, 1.807) is 0 Å². The van der Waals surface area contributed by atoms with Gasteiger partial charge in [-0.05, 0) is 118 Å². The van der Waals surface area contributed by atoms with Gasteiger partial charge in [-0.2, -0.15) is 0 Å². The van der Waals surface area contributed by atoms with E-state index in [-0.39, 0.29) is 0 Å². The van der Waals surface area contributed by atoms with Gasteiger partial charge >= 0.3 is 0 Å². The molecule has 0 saturated heterocycles. The fourth-order valence-electron chi connectivity index (χ4n) is 9.84. The molecule has 0 saturated carbocycles. The monoisotopic (exact) mass is 736 g/mol. The lowest BCUT2D eigenvalue weighted by molar-refractivity contribution is 0.656. The zero-order valence-electron chi connectivity index (χ0n) is 31.3.